The summed E-state index contributed by atoms with van der Waals surface area (Å²) in [5.74, 6) is 0.208. The van der Waals surface area contributed by atoms with Crippen LogP contribution in [0.4, 0.5) is 0 Å². The van der Waals surface area contributed by atoms with Gasteiger partial charge in [0.2, 0.25) is 0 Å². The highest BCUT2D eigenvalue weighted by Gasteiger charge is 2.27. The van der Waals surface area contributed by atoms with Crippen LogP contribution >= 0.6 is 0 Å². The summed E-state index contributed by atoms with van der Waals surface area (Å²) in [6, 6.07) is 37.3. The minimum atomic E-state index is 0.208. The summed E-state index contributed by atoms with van der Waals surface area (Å²) in [6.07, 6.45) is 19.1. The lowest BCUT2D eigenvalue weighted by Crippen LogP contribution is -2.11. The molecule has 0 saturated heterocycles. The first kappa shape index (κ1) is 34.3. The van der Waals surface area contributed by atoms with Gasteiger partial charge in [0.25, 0.3) is 0 Å². The molecule has 1 aliphatic heterocycles. The zero-order valence-corrected chi connectivity index (χ0v) is 30.3. The van der Waals surface area contributed by atoms with Crippen LogP contribution in [0, 0.1) is 0 Å². The molecule has 4 nitrogen and oxygen atoms in total. The van der Waals surface area contributed by atoms with Gasteiger partial charge in [0.15, 0.2) is 0 Å². The molecule has 1 unspecified atom stereocenters. The van der Waals surface area contributed by atoms with E-state index in [-0.39, 0.29) is 5.92 Å². The van der Waals surface area contributed by atoms with Crippen LogP contribution in [0.15, 0.2) is 158 Å². The van der Waals surface area contributed by atoms with E-state index in [0.717, 1.165) is 35.5 Å². The number of dihydropyridines is 1. The van der Waals surface area contributed by atoms with E-state index in [1.54, 1.807) is 12.4 Å². The van der Waals surface area contributed by atoms with Gasteiger partial charge in [-0.3, -0.25) is 15.0 Å². The maximum absolute atomic E-state index is 4.82. The van der Waals surface area contributed by atoms with Crippen molar-refractivity contribution in [3.8, 4) is 44.6 Å². The van der Waals surface area contributed by atoms with Gasteiger partial charge in [-0.25, -0.2) is 0 Å². The van der Waals surface area contributed by atoms with E-state index < -0.39 is 0 Å². The fourth-order valence-electron chi connectivity index (χ4n) is 7.24. The van der Waals surface area contributed by atoms with Crippen molar-refractivity contribution in [3.05, 3.63) is 181 Å². The maximum Gasteiger partial charge on any atom is 0.0965 e. The lowest BCUT2D eigenvalue weighted by molar-refractivity contribution is 0.950. The lowest BCUT2D eigenvalue weighted by Gasteiger charge is -2.26. The molecule has 2 aromatic heterocycles. The molecule has 52 heavy (non-hydrogen) atoms. The van der Waals surface area contributed by atoms with E-state index in [0.29, 0.717) is 0 Å². The van der Waals surface area contributed by atoms with Crippen molar-refractivity contribution >= 4 is 16.7 Å². The monoisotopic (exact) mass is 676 g/mol. The Morgan fingerprint density at radius 2 is 1.40 bits per heavy atom. The van der Waals surface area contributed by atoms with Crippen LogP contribution in [0.5, 0.6) is 0 Å². The third-order valence-corrected chi connectivity index (χ3v) is 9.85. The Balaban J connectivity index is 0.00000207. The predicted octanol–water partition coefficient (Wildman–Crippen LogP) is 12.1. The van der Waals surface area contributed by atoms with Gasteiger partial charge >= 0.3 is 0 Å². The summed E-state index contributed by atoms with van der Waals surface area (Å²) in [5, 5.41) is 3.37. The number of fused-ring (bicyclic) bond motifs is 3. The molecule has 4 heteroatoms. The van der Waals surface area contributed by atoms with Crippen molar-refractivity contribution in [3.63, 3.8) is 0 Å². The largest absolute Gasteiger partial charge is 0.387 e. The normalized spacial score (nSPS) is 15.5. The Kier molecular flexibility index (Phi) is 10.4. The van der Waals surface area contributed by atoms with Crippen molar-refractivity contribution < 1.29 is 0 Å². The van der Waals surface area contributed by atoms with Crippen LogP contribution in [0.3, 0.4) is 0 Å². The van der Waals surface area contributed by atoms with Crippen LogP contribution in [0.2, 0.25) is 0 Å². The number of hydrogen-bond acceptors (Lipinski definition) is 4. The average molecular weight is 677 g/mol. The fourth-order valence-corrected chi connectivity index (χ4v) is 7.24. The topological polar surface area (TPSA) is 50.7 Å². The zero-order chi connectivity index (χ0) is 35.9. The van der Waals surface area contributed by atoms with Gasteiger partial charge in [-0.2, -0.15) is 0 Å². The molecule has 6 aromatic rings. The molecule has 0 fully saturated rings. The van der Waals surface area contributed by atoms with E-state index in [1.165, 1.54) is 61.2 Å². The molecule has 0 amide bonds. The highest BCUT2D eigenvalue weighted by atomic mass is 14.8. The molecule has 2 aliphatic rings. The first-order valence-electron chi connectivity index (χ1n) is 18.3. The highest BCUT2D eigenvalue weighted by molar-refractivity contribution is 5.90. The number of pyridine rings is 1. The minimum absolute atomic E-state index is 0.208. The maximum atomic E-state index is 4.82. The van der Waals surface area contributed by atoms with Crippen molar-refractivity contribution in [1.82, 2.24) is 20.3 Å². The van der Waals surface area contributed by atoms with Gasteiger partial charge in [-0.15, -0.1) is 0 Å². The minimum Gasteiger partial charge on any atom is -0.387 e. The molecule has 3 heterocycles. The molecular weight excluding hydrogens is 633 g/mol. The summed E-state index contributed by atoms with van der Waals surface area (Å²) in [6.45, 7) is 9.31. The number of rotatable bonds is 7. The SMILES string of the molecule is CC.CC/C(=C\C=C1\c2nccnc2-c2ccccc2C1C)c1ccccc1-c1cccc(-c2cc(C3=CC=CNC3)cc(-c3cccnc3)c2)c1. The molecule has 256 valence electrons. The van der Waals surface area contributed by atoms with Crippen LogP contribution in [0.1, 0.15) is 62.4 Å². The summed E-state index contributed by atoms with van der Waals surface area (Å²) in [5.41, 5.74) is 17.6. The second-order valence-corrected chi connectivity index (χ2v) is 12.8. The van der Waals surface area contributed by atoms with Crippen LogP contribution in [-0.4, -0.2) is 21.5 Å². The molecule has 1 aliphatic carbocycles. The Labute approximate surface area is 308 Å². The third-order valence-electron chi connectivity index (χ3n) is 9.85. The summed E-state index contributed by atoms with van der Waals surface area (Å²) < 4.78 is 0. The summed E-state index contributed by atoms with van der Waals surface area (Å²) in [7, 11) is 0. The average Bonchev–Trinajstić information content (AvgIpc) is 3.23. The number of benzene rings is 4. The van der Waals surface area contributed by atoms with E-state index >= 15 is 0 Å². The molecule has 1 atom stereocenters. The first-order chi connectivity index (χ1) is 25.7. The molecule has 0 spiro atoms. The van der Waals surface area contributed by atoms with E-state index in [4.69, 9.17) is 9.97 Å². The van der Waals surface area contributed by atoms with Gasteiger partial charge in [0.1, 0.15) is 0 Å². The molecule has 1 N–H and O–H groups in total. The van der Waals surface area contributed by atoms with Gasteiger partial charge < -0.3 is 5.32 Å². The van der Waals surface area contributed by atoms with Gasteiger partial charge in [0.05, 0.1) is 11.4 Å². The Bertz CT molecular complexity index is 2330. The van der Waals surface area contributed by atoms with Crippen molar-refractivity contribution in [2.24, 2.45) is 0 Å². The van der Waals surface area contributed by atoms with E-state index in [9.17, 15) is 0 Å². The Morgan fingerprint density at radius 3 is 2.17 bits per heavy atom. The molecule has 0 radical (unpaired) electrons. The molecule has 0 bridgehead atoms. The number of nitrogens with zero attached hydrogens (tertiary/aromatic N) is 3. The van der Waals surface area contributed by atoms with E-state index in [2.05, 4.69) is 146 Å². The van der Waals surface area contributed by atoms with Crippen molar-refractivity contribution in [1.29, 1.82) is 0 Å². The summed E-state index contributed by atoms with van der Waals surface area (Å²) >= 11 is 0. The number of nitrogens with one attached hydrogen (secondary N) is 1. The number of allylic oxidation sites excluding steroid dienone is 6. The highest BCUT2D eigenvalue weighted by Crippen LogP contribution is 2.44. The second-order valence-electron chi connectivity index (χ2n) is 12.8. The van der Waals surface area contributed by atoms with Crippen molar-refractivity contribution in [2.45, 2.75) is 40.0 Å². The van der Waals surface area contributed by atoms with Crippen molar-refractivity contribution in [2.75, 3.05) is 6.54 Å². The van der Waals surface area contributed by atoms with Gasteiger partial charge in [-0.05, 0) is 110 Å². The van der Waals surface area contributed by atoms with E-state index in [1.807, 2.05) is 38.5 Å². The van der Waals surface area contributed by atoms with Crippen LogP contribution < -0.4 is 5.32 Å². The standard InChI is InChI=1S/C46H38N4.C2H6/c1-3-32(19-20-41-31(2)40-15-4-7-18-44(40)46-45(41)49-23-24-50-46)42-16-5-6-17-43(42)34-12-8-11-33(25-34)37-26-38(35-13-9-21-47-29-35)28-39(27-37)36-14-10-22-48-30-36;1-2/h4-29,31,48H,3,30H2,1-2H3;1-2H3/b32-19+,41-20+;. The number of aromatic nitrogens is 3. The third kappa shape index (κ3) is 6.93. The van der Waals surface area contributed by atoms with Gasteiger partial charge in [0, 0.05) is 48.4 Å². The van der Waals surface area contributed by atoms with Gasteiger partial charge in [-0.1, -0.05) is 119 Å². The summed E-state index contributed by atoms with van der Waals surface area (Å²) in [4.78, 5) is 14.0. The lowest BCUT2D eigenvalue weighted by atomic mass is 9.80. The molecule has 8 rings (SSSR count). The predicted molar refractivity (Wildman–Crippen MR) is 219 cm³/mol. The Hall–Kier alpha value is -6.13. The smallest absolute Gasteiger partial charge is 0.0965 e. The molecule has 4 aromatic carbocycles. The quantitative estimate of drug-likeness (QED) is 0.183. The number of hydrogen-bond donors (Lipinski definition) is 1. The first-order valence-corrected chi connectivity index (χ1v) is 18.3. The molecular formula is C48H44N4. The second kappa shape index (κ2) is 15.8. The molecule has 0 saturated carbocycles. The Morgan fingerprint density at radius 1 is 0.712 bits per heavy atom. The zero-order valence-electron chi connectivity index (χ0n) is 30.3. The van der Waals surface area contributed by atoms with Crippen LogP contribution in [0.25, 0.3) is 61.4 Å². The van der Waals surface area contributed by atoms with Crippen LogP contribution in [-0.2, 0) is 0 Å². The fraction of sp³-hybridized carbons (Fsp3) is 0.146.